The fourth-order valence-corrected chi connectivity index (χ4v) is 2.24. The summed E-state index contributed by atoms with van der Waals surface area (Å²) >= 11 is 0. The van der Waals surface area contributed by atoms with E-state index in [-0.39, 0.29) is 12.3 Å². The lowest BCUT2D eigenvalue weighted by molar-refractivity contribution is -0.117. The molecule has 1 unspecified atom stereocenters. The van der Waals surface area contributed by atoms with Crippen molar-refractivity contribution >= 4 is 22.4 Å². The number of aromatic nitrogens is 1. The second-order valence-electron chi connectivity index (χ2n) is 4.24. The van der Waals surface area contributed by atoms with E-state index in [9.17, 15) is 9.90 Å². The highest BCUT2D eigenvalue weighted by Gasteiger charge is 2.30. The zero-order valence-corrected chi connectivity index (χ0v) is 9.21. The number of nitrogens with zero attached hydrogens (tertiary/aromatic N) is 2. The molecule has 17 heavy (non-hydrogen) atoms. The zero-order chi connectivity index (χ0) is 11.8. The van der Waals surface area contributed by atoms with E-state index in [1.807, 2.05) is 24.3 Å². The van der Waals surface area contributed by atoms with Gasteiger partial charge in [-0.3, -0.25) is 9.78 Å². The normalized spacial score (nSPS) is 20.2. The molecule has 2 heterocycles. The molecule has 1 saturated heterocycles. The third kappa shape index (κ3) is 1.66. The topological polar surface area (TPSA) is 53.4 Å². The van der Waals surface area contributed by atoms with Crippen LogP contribution in [0.2, 0.25) is 0 Å². The van der Waals surface area contributed by atoms with Crippen molar-refractivity contribution in [3.8, 4) is 0 Å². The Bertz CT molecular complexity index is 577. The van der Waals surface area contributed by atoms with Gasteiger partial charge in [-0.05, 0) is 0 Å². The Hall–Kier alpha value is -1.94. The van der Waals surface area contributed by atoms with Crippen LogP contribution in [-0.4, -0.2) is 28.6 Å². The van der Waals surface area contributed by atoms with E-state index < -0.39 is 6.10 Å². The number of aliphatic hydroxyl groups excluding tert-OH is 1. The Morgan fingerprint density at radius 3 is 2.88 bits per heavy atom. The summed E-state index contributed by atoms with van der Waals surface area (Å²) in [7, 11) is 0. The molecule has 1 N–H and O–H groups in total. The lowest BCUT2D eigenvalue weighted by atomic mass is 10.1. The third-order valence-corrected chi connectivity index (χ3v) is 3.04. The van der Waals surface area contributed by atoms with Gasteiger partial charge in [-0.15, -0.1) is 0 Å². The van der Waals surface area contributed by atoms with Gasteiger partial charge in [0.1, 0.15) is 0 Å². The van der Waals surface area contributed by atoms with Crippen LogP contribution in [0.15, 0.2) is 36.7 Å². The molecular weight excluding hydrogens is 216 g/mol. The van der Waals surface area contributed by atoms with Crippen LogP contribution in [-0.2, 0) is 4.79 Å². The number of carbonyl (C=O) groups is 1. The molecule has 86 valence electrons. The number of pyridine rings is 1. The number of aliphatic hydroxyl groups is 1. The summed E-state index contributed by atoms with van der Waals surface area (Å²) in [6, 6.07) is 7.80. The number of amides is 1. The van der Waals surface area contributed by atoms with Gasteiger partial charge in [-0.1, -0.05) is 24.3 Å². The molecule has 0 aliphatic carbocycles. The molecule has 1 amide bonds. The SMILES string of the molecule is O=C1CC(O)CN1c1cncc2ccccc12. The predicted molar refractivity (Wildman–Crippen MR) is 64.7 cm³/mol. The number of β-amino-alcohol motifs (C(OH)–C–C–N with tert-alkyl or cyclic N) is 1. The van der Waals surface area contributed by atoms with Gasteiger partial charge in [-0.25, -0.2) is 0 Å². The molecule has 4 nitrogen and oxygen atoms in total. The maximum absolute atomic E-state index is 11.8. The number of benzene rings is 1. The fraction of sp³-hybridized carbons (Fsp3) is 0.231. The number of anilines is 1. The van der Waals surface area contributed by atoms with Gasteiger partial charge in [0, 0.05) is 17.0 Å². The van der Waals surface area contributed by atoms with Crippen LogP contribution < -0.4 is 4.90 Å². The lowest BCUT2D eigenvalue weighted by Crippen LogP contribution is -2.25. The van der Waals surface area contributed by atoms with E-state index in [1.54, 1.807) is 17.3 Å². The zero-order valence-electron chi connectivity index (χ0n) is 9.21. The standard InChI is InChI=1S/C13H12N2O2/c16-10-5-13(17)15(8-10)12-7-14-6-9-3-1-2-4-11(9)12/h1-4,6-7,10,16H,5,8H2. The highest BCUT2D eigenvalue weighted by molar-refractivity contribution is 6.04. The highest BCUT2D eigenvalue weighted by atomic mass is 16.3. The third-order valence-electron chi connectivity index (χ3n) is 3.04. The summed E-state index contributed by atoms with van der Waals surface area (Å²) in [4.78, 5) is 17.5. The molecule has 4 heteroatoms. The molecular formula is C13H12N2O2. The average Bonchev–Trinajstić information content (AvgIpc) is 2.68. The van der Waals surface area contributed by atoms with Crippen molar-refractivity contribution in [2.75, 3.05) is 11.4 Å². The van der Waals surface area contributed by atoms with Crippen LogP contribution in [0.5, 0.6) is 0 Å². The number of hydrogen-bond acceptors (Lipinski definition) is 3. The molecule has 1 fully saturated rings. The van der Waals surface area contributed by atoms with Crippen molar-refractivity contribution in [2.45, 2.75) is 12.5 Å². The second kappa shape index (κ2) is 3.82. The first kappa shape index (κ1) is 10.2. The predicted octanol–water partition coefficient (Wildman–Crippen LogP) is 1.33. The minimum atomic E-state index is -0.568. The molecule has 0 radical (unpaired) electrons. The van der Waals surface area contributed by atoms with Gasteiger partial charge < -0.3 is 10.0 Å². The van der Waals surface area contributed by atoms with Crippen molar-refractivity contribution in [1.29, 1.82) is 0 Å². The Kier molecular flexibility index (Phi) is 2.30. The van der Waals surface area contributed by atoms with Gasteiger partial charge in [0.2, 0.25) is 5.91 Å². The smallest absolute Gasteiger partial charge is 0.229 e. The Morgan fingerprint density at radius 2 is 2.12 bits per heavy atom. The monoisotopic (exact) mass is 228 g/mol. The minimum Gasteiger partial charge on any atom is -0.391 e. The number of rotatable bonds is 1. The number of carbonyl (C=O) groups excluding carboxylic acids is 1. The fourth-order valence-electron chi connectivity index (χ4n) is 2.24. The molecule has 1 aromatic heterocycles. The minimum absolute atomic E-state index is 0.0457. The summed E-state index contributed by atoms with van der Waals surface area (Å²) in [6.45, 7) is 0.356. The van der Waals surface area contributed by atoms with Gasteiger partial charge in [0.25, 0.3) is 0 Å². The largest absolute Gasteiger partial charge is 0.391 e. The van der Waals surface area contributed by atoms with E-state index in [0.717, 1.165) is 16.5 Å². The van der Waals surface area contributed by atoms with Crippen LogP contribution in [0.25, 0.3) is 10.8 Å². The molecule has 1 aliphatic heterocycles. The first-order chi connectivity index (χ1) is 8.25. The number of fused-ring (bicyclic) bond motifs is 1. The molecule has 1 aromatic carbocycles. The second-order valence-corrected chi connectivity index (χ2v) is 4.24. The summed E-state index contributed by atoms with van der Waals surface area (Å²) in [5.74, 6) is -0.0457. The van der Waals surface area contributed by atoms with Crippen LogP contribution >= 0.6 is 0 Å². The van der Waals surface area contributed by atoms with E-state index in [0.29, 0.717) is 6.54 Å². The van der Waals surface area contributed by atoms with Gasteiger partial charge >= 0.3 is 0 Å². The van der Waals surface area contributed by atoms with E-state index in [1.165, 1.54) is 0 Å². The van der Waals surface area contributed by atoms with Crippen molar-refractivity contribution in [2.24, 2.45) is 0 Å². The summed E-state index contributed by atoms with van der Waals surface area (Å²) in [6.07, 6.45) is 3.08. The van der Waals surface area contributed by atoms with E-state index >= 15 is 0 Å². The summed E-state index contributed by atoms with van der Waals surface area (Å²) in [5, 5.41) is 11.5. The molecule has 1 atom stereocenters. The summed E-state index contributed by atoms with van der Waals surface area (Å²) in [5.41, 5.74) is 0.782. The maximum Gasteiger partial charge on any atom is 0.229 e. The van der Waals surface area contributed by atoms with Crippen molar-refractivity contribution < 1.29 is 9.90 Å². The van der Waals surface area contributed by atoms with Crippen LogP contribution in [0, 0.1) is 0 Å². The summed E-state index contributed by atoms with van der Waals surface area (Å²) < 4.78 is 0. The van der Waals surface area contributed by atoms with Crippen molar-refractivity contribution in [3.05, 3.63) is 36.7 Å². The van der Waals surface area contributed by atoms with Crippen molar-refractivity contribution in [1.82, 2.24) is 4.98 Å². The van der Waals surface area contributed by atoms with Crippen LogP contribution in [0.1, 0.15) is 6.42 Å². The van der Waals surface area contributed by atoms with Crippen molar-refractivity contribution in [3.63, 3.8) is 0 Å². The Morgan fingerprint density at radius 1 is 1.29 bits per heavy atom. The molecule has 2 aromatic rings. The highest BCUT2D eigenvalue weighted by Crippen LogP contribution is 2.28. The molecule has 0 bridgehead atoms. The van der Waals surface area contributed by atoms with E-state index in [4.69, 9.17) is 0 Å². The molecule has 0 spiro atoms. The molecule has 1 aliphatic rings. The molecule has 0 saturated carbocycles. The van der Waals surface area contributed by atoms with Gasteiger partial charge in [0.15, 0.2) is 0 Å². The van der Waals surface area contributed by atoms with Gasteiger partial charge in [-0.2, -0.15) is 0 Å². The first-order valence-corrected chi connectivity index (χ1v) is 5.57. The maximum atomic E-state index is 11.8. The van der Waals surface area contributed by atoms with Crippen LogP contribution in [0.4, 0.5) is 5.69 Å². The van der Waals surface area contributed by atoms with Crippen LogP contribution in [0.3, 0.4) is 0 Å². The average molecular weight is 228 g/mol. The first-order valence-electron chi connectivity index (χ1n) is 5.57. The van der Waals surface area contributed by atoms with Gasteiger partial charge in [0.05, 0.1) is 31.0 Å². The molecule has 3 rings (SSSR count). The Labute approximate surface area is 98.5 Å². The lowest BCUT2D eigenvalue weighted by Gasteiger charge is -2.17. The quantitative estimate of drug-likeness (QED) is 0.801. The Balaban J connectivity index is 2.14. The van der Waals surface area contributed by atoms with E-state index in [2.05, 4.69) is 4.98 Å². The number of hydrogen-bond donors (Lipinski definition) is 1.